The number of phenolic OH excluding ortho intramolecular Hbond substituents is 1. The van der Waals surface area contributed by atoms with Crippen LogP contribution in [0.4, 0.5) is 0 Å². The third-order valence-corrected chi connectivity index (χ3v) is 10.3. The summed E-state index contributed by atoms with van der Waals surface area (Å²) < 4.78 is 2.66. The fraction of sp³-hybridized carbons (Fsp3) is 0.0952. The van der Waals surface area contributed by atoms with E-state index in [1.54, 1.807) is 0 Å². The minimum absolute atomic E-state index is 0.0196. The molecule has 0 bridgehead atoms. The molecule has 0 saturated carbocycles. The number of benzene rings is 5. The molecule has 218 valence electrons. The Morgan fingerprint density at radius 1 is 0.644 bits per heavy atom. The van der Waals surface area contributed by atoms with Gasteiger partial charge in [0.25, 0.3) is 0 Å². The lowest BCUT2D eigenvalue weighted by Crippen LogP contribution is -2.40. The van der Waals surface area contributed by atoms with Crippen LogP contribution in [0.2, 0.25) is 0 Å². The number of phenols is 1. The van der Waals surface area contributed by atoms with E-state index in [4.69, 9.17) is 0 Å². The summed E-state index contributed by atoms with van der Waals surface area (Å²) in [5.41, 5.74) is 8.03. The Labute approximate surface area is 268 Å². The second kappa shape index (κ2) is 11.9. The molecule has 5 aromatic carbocycles. The normalized spacial score (nSPS) is 19.3. The minimum Gasteiger partial charge on any atom is -0.508 e. The van der Waals surface area contributed by atoms with E-state index >= 15 is 0 Å². The largest absolute Gasteiger partial charge is 0.508 e. The van der Waals surface area contributed by atoms with Crippen LogP contribution in [-0.4, -0.2) is 17.2 Å². The van der Waals surface area contributed by atoms with Crippen LogP contribution in [0.1, 0.15) is 23.5 Å². The topological polar surface area (TPSA) is 32.3 Å². The van der Waals surface area contributed by atoms with Crippen molar-refractivity contribution in [2.75, 3.05) is 0 Å². The first-order valence-electron chi connectivity index (χ1n) is 15.6. The van der Waals surface area contributed by atoms with Gasteiger partial charge in [-0.05, 0) is 51.9 Å². The SMILES string of the molecule is Oc1cccc(-c2ccc(-c3ccccc3)cc2)c1C1C=CC=CC1NC1C=C(c2cccc3c2sc2ccccc23)C=CC1. The number of nitrogens with one attached hydrogen (secondary N) is 1. The number of allylic oxidation sites excluding steroid dienone is 4. The second-order valence-corrected chi connectivity index (χ2v) is 12.9. The van der Waals surface area contributed by atoms with Crippen LogP contribution in [0.15, 0.2) is 158 Å². The Hall–Kier alpha value is -4.96. The molecular formula is C42H33NOS. The number of hydrogen-bond acceptors (Lipinski definition) is 3. The third kappa shape index (κ3) is 5.25. The monoisotopic (exact) mass is 599 g/mol. The number of thiophene rings is 1. The number of aromatic hydroxyl groups is 1. The van der Waals surface area contributed by atoms with E-state index in [-0.39, 0.29) is 18.0 Å². The highest BCUT2D eigenvalue weighted by Gasteiger charge is 2.28. The van der Waals surface area contributed by atoms with Gasteiger partial charge in [-0.2, -0.15) is 0 Å². The van der Waals surface area contributed by atoms with Gasteiger partial charge in [0.05, 0.1) is 0 Å². The van der Waals surface area contributed by atoms with Gasteiger partial charge >= 0.3 is 0 Å². The summed E-state index contributed by atoms with van der Waals surface area (Å²) in [6, 6.07) is 40.5. The first kappa shape index (κ1) is 27.6. The molecule has 3 atom stereocenters. The van der Waals surface area contributed by atoms with Crippen molar-refractivity contribution in [3.05, 3.63) is 169 Å². The molecule has 1 heterocycles. The molecule has 0 spiro atoms. The summed E-state index contributed by atoms with van der Waals surface area (Å²) in [6.07, 6.45) is 16.5. The highest BCUT2D eigenvalue weighted by molar-refractivity contribution is 7.26. The van der Waals surface area contributed by atoms with Crippen molar-refractivity contribution < 1.29 is 5.11 Å². The van der Waals surface area contributed by atoms with Crippen LogP contribution in [-0.2, 0) is 0 Å². The van der Waals surface area contributed by atoms with Crippen molar-refractivity contribution in [1.29, 1.82) is 0 Å². The van der Waals surface area contributed by atoms with Crippen molar-refractivity contribution in [2.24, 2.45) is 0 Å². The fourth-order valence-corrected chi connectivity index (χ4v) is 8.11. The third-order valence-electron chi connectivity index (χ3n) is 9.04. The molecule has 0 radical (unpaired) electrons. The van der Waals surface area contributed by atoms with Crippen LogP contribution >= 0.6 is 11.3 Å². The van der Waals surface area contributed by atoms with Crippen LogP contribution in [0.3, 0.4) is 0 Å². The minimum atomic E-state index is -0.0196. The Morgan fingerprint density at radius 3 is 2.24 bits per heavy atom. The van der Waals surface area contributed by atoms with E-state index in [0.29, 0.717) is 5.75 Å². The molecule has 2 nitrogen and oxygen atoms in total. The number of rotatable bonds is 6. The zero-order valence-corrected chi connectivity index (χ0v) is 25.6. The fourth-order valence-electron chi connectivity index (χ4n) is 6.87. The van der Waals surface area contributed by atoms with Gasteiger partial charge in [0, 0.05) is 43.7 Å². The van der Waals surface area contributed by atoms with E-state index < -0.39 is 0 Å². The molecule has 2 aliphatic rings. The molecule has 3 heteroatoms. The highest BCUT2D eigenvalue weighted by Crippen LogP contribution is 2.41. The lowest BCUT2D eigenvalue weighted by Gasteiger charge is -2.31. The van der Waals surface area contributed by atoms with Crippen molar-refractivity contribution in [1.82, 2.24) is 5.32 Å². The summed E-state index contributed by atoms with van der Waals surface area (Å²) in [7, 11) is 0. The van der Waals surface area contributed by atoms with Crippen LogP contribution in [0.25, 0.3) is 48.0 Å². The maximum atomic E-state index is 11.3. The second-order valence-electron chi connectivity index (χ2n) is 11.8. The lowest BCUT2D eigenvalue weighted by molar-refractivity contribution is 0.448. The smallest absolute Gasteiger partial charge is 0.120 e. The van der Waals surface area contributed by atoms with E-state index in [1.165, 1.54) is 42.4 Å². The zero-order valence-electron chi connectivity index (χ0n) is 24.8. The van der Waals surface area contributed by atoms with Crippen molar-refractivity contribution in [3.63, 3.8) is 0 Å². The van der Waals surface area contributed by atoms with E-state index in [2.05, 4.69) is 145 Å². The predicted molar refractivity (Wildman–Crippen MR) is 192 cm³/mol. The summed E-state index contributed by atoms with van der Waals surface area (Å²) in [4.78, 5) is 0. The molecule has 0 fully saturated rings. The molecule has 0 amide bonds. The van der Waals surface area contributed by atoms with Crippen molar-refractivity contribution >= 4 is 37.1 Å². The Bertz CT molecular complexity index is 2130. The molecule has 2 aliphatic carbocycles. The Balaban J connectivity index is 1.10. The zero-order chi connectivity index (χ0) is 30.2. The molecule has 6 aromatic rings. The van der Waals surface area contributed by atoms with Gasteiger partial charge in [0.2, 0.25) is 0 Å². The van der Waals surface area contributed by atoms with Crippen LogP contribution < -0.4 is 5.32 Å². The van der Waals surface area contributed by atoms with Gasteiger partial charge in [0.1, 0.15) is 5.75 Å². The van der Waals surface area contributed by atoms with E-state index in [1.807, 2.05) is 29.5 Å². The van der Waals surface area contributed by atoms with Gasteiger partial charge in [-0.25, -0.2) is 0 Å². The molecular weight excluding hydrogens is 567 g/mol. The summed E-state index contributed by atoms with van der Waals surface area (Å²) in [5, 5.41) is 17.9. The molecule has 45 heavy (non-hydrogen) atoms. The molecule has 2 N–H and O–H groups in total. The molecule has 1 aromatic heterocycles. The van der Waals surface area contributed by atoms with Crippen LogP contribution in [0, 0.1) is 0 Å². The average molecular weight is 600 g/mol. The molecule has 8 rings (SSSR count). The van der Waals surface area contributed by atoms with Gasteiger partial charge in [-0.3, -0.25) is 0 Å². The Kier molecular flexibility index (Phi) is 7.26. The van der Waals surface area contributed by atoms with E-state index in [9.17, 15) is 5.11 Å². The quantitative estimate of drug-likeness (QED) is 0.200. The van der Waals surface area contributed by atoms with Crippen molar-refractivity contribution in [2.45, 2.75) is 24.4 Å². The standard InChI is InChI=1S/C42H33NOS/c44-39-21-10-17-33(30-25-23-29(24-26-30)28-11-2-1-3-12-28)41(39)37-16-4-6-20-38(37)43-32-14-8-13-31(27-32)34-18-9-19-36-35-15-5-7-22-40(35)45-42(34)36/h1-13,15-27,32,37-38,43-44H,14H2. The van der Waals surface area contributed by atoms with Gasteiger partial charge < -0.3 is 10.4 Å². The average Bonchev–Trinajstić information content (AvgIpc) is 3.48. The van der Waals surface area contributed by atoms with Gasteiger partial charge in [-0.1, -0.05) is 146 Å². The number of hydrogen-bond donors (Lipinski definition) is 2. The summed E-state index contributed by atoms with van der Waals surface area (Å²) >= 11 is 1.87. The number of fused-ring (bicyclic) bond motifs is 3. The Morgan fingerprint density at radius 2 is 1.36 bits per heavy atom. The maximum Gasteiger partial charge on any atom is 0.120 e. The first-order chi connectivity index (χ1) is 22.2. The van der Waals surface area contributed by atoms with Gasteiger partial charge in [0.15, 0.2) is 0 Å². The predicted octanol–water partition coefficient (Wildman–Crippen LogP) is 10.7. The maximum absolute atomic E-state index is 11.3. The van der Waals surface area contributed by atoms with Gasteiger partial charge in [-0.15, -0.1) is 11.3 Å². The van der Waals surface area contributed by atoms with E-state index in [0.717, 1.165) is 23.1 Å². The van der Waals surface area contributed by atoms with Crippen LogP contribution in [0.5, 0.6) is 5.75 Å². The lowest BCUT2D eigenvalue weighted by atomic mass is 9.82. The highest BCUT2D eigenvalue weighted by atomic mass is 32.1. The summed E-state index contributed by atoms with van der Waals surface area (Å²) in [6.45, 7) is 0. The first-order valence-corrected chi connectivity index (χ1v) is 16.4. The molecule has 0 aliphatic heterocycles. The molecule has 3 unspecified atom stereocenters. The van der Waals surface area contributed by atoms with Crippen molar-refractivity contribution in [3.8, 4) is 28.0 Å². The summed E-state index contributed by atoms with van der Waals surface area (Å²) in [5.74, 6) is 0.307. The molecule has 0 saturated heterocycles.